The van der Waals surface area contributed by atoms with Crippen molar-refractivity contribution in [2.45, 2.75) is 6.92 Å². The molecule has 2 rings (SSSR count). The van der Waals surface area contributed by atoms with Crippen molar-refractivity contribution in [1.82, 2.24) is 0 Å². The zero-order chi connectivity index (χ0) is 12.6. The average molecular weight is 317 g/mol. The quantitative estimate of drug-likeness (QED) is 0.754. The topological polar surface area (TPSA) is 17.1 Å². The van der Waals surface area contributed by atoms with Gasteiger partial charge in [0.05, 0.1) is 4.88 Å². The Labute approximate surface area is 109 Å². The summed E-state index contributed by atoms with van der Waals surface area (Å²) in [5.41, 5.74) is 0.0243. The lowest BCUT2D eigenvalue weighted by Gasteiger charge is -1.99. The zero-order valence-corrected chi connectivity index (χ0v) is 11.2. The Balaban J connectivity index is 2.43. The SMILES string of the molecule is Cc1sc(C(=O)c2cc(F)cc(F)c2)cc1Br. The maximum atomic E-state index is 13.0. The summed E-state index contributed by atoms with van der Waals surface area (Å²) >= 11 is 4.58. The van der Waals surface area contributed by atoms with Crippen LogP contribution in [0.4, 0.5) is 8.78 Å². The van der Waals surface area contributed by atoms with Crippen molar-refractivity contribution in [3.63, 3.8) is 0 Å². The van der Waals surface area contributed by atoms with Crippen LogP contribution < -0.4 is 0 Å². The number of halogens is 3. The number of ketones is 1. The van der Waals surface area contributed by atoms with Crippen LogP contribution in [0.1, 0.15) is 20.1 Å². The van der Waals surface area contributed by atoms with Crippen LogP contribution in [0.3, 0.4) is 0 Å². The zero-order valence-electron chi connectivity index (χ0n) is 8.76. The summed E-state index contributed by atoms with van der Waals surface area (Å²) < 4.78 is 26.8. The minimum Gasteiger partial charge on any atom is -0.288 e. The van der Waals surface area contributed by atoms with Crippen LogP contribution in [0.5, 0.6) is 0 Å². The number of carbonyl (C=O) groups excluding carboxylic acids is 1. The highest BCUT2D eigenvalue weighted by Crippen LogP contribution is 2.28. The fraction of sp³-hybridized carbons (Fsp3) is 0.0833. The molecular formula is C12H7BrF2OS. The normalized spacial score (nSPS) is 10.6. The second kappa shape index (κ2) is 4.66. The summed E-state index contributed by atoms with van der Waals surface area (Å²) in [6, 6.07) is 4.47. The lowest BCUT2D eigenvalue weighted by Crippen LogP contribution is -2.00. The van der Waals surface area contributed by atoms with Gasteiger partial charge in [0.2, 0.25) is 5.78 Å². The molecule has 0 bridgehead atoms. The summed E-state index contributed by atoms with van der Waals surface area (Å²) in [5.74, 6) is -1.87. The molecule has 0 N–H and O–H groups in total. The predicted molar refractivity (Wildman–Crippen MR) is 66.5 cm³/mol. The summed E-state index contributed by atoms with van der Waals surface area (Å²) in [6.45, 7) is 1.86. The van der Waals surface area contributed by atoms with Crippen molar-refractivity contribution in [3.8, 4) is 0 Å². The Hall–Kier alpha value is -1.07. The number of aryl methyl sites for hydroxylation is 1. The fourth-order valence-corrected chi connectivity index (χ4v) is 2.90. The van der Waals surface area contributed by atoms with E-state index in [0.717, 1.165) is 27.5 Å². The molecule has 0 saturated heterocycles. The van der Waals surface area contributed by atoms with E-state index in [-0.39, 0.29) is 11.3 Å². The molecule has 0 saturated carbocycles. The average Bonchev–Trinajstić information content (AvgIpc) is 2.57. The van der Waals surface area contributed by atoms with E-state index in [9.17, 15) is 13.6 Å². The van der Waals surface area contributed by atoms with Crippen molar-refractivity contribution in [2.75, 3.05) is 0 Å². The van der Waals surface area contributed by atoms with Gasteiger partial charge in [-0.15, -0.1) is 11.3 Å². The highest BCUT2D eigenvalue weighted by molar-refractivity contribution is 9.10. The first kappa shape index (κ1) is 12.4. The Morgan fingerprint density at radius 3 is 2.24 bits per heavy atom. The molecule has 1 nitrogen and oxygen atoms in total. The third-order valence-electron chi connectivity index (χ3n) is 2.21. The smallest absolute Gasteiger partial charge is 0.203 e. The van der Waals surface area contributed by atoms with E-state index in [1.165, 1.54) is 11.3 Å². The molecule has 1 heterocycles. The molecular weight excluding hydrogens is 310 g/mol. The van der Waals surface area contributed by atoms with E-state index in [4.69, 9.17) is 0 Å². The van der Waals surface area contributed by atoms with E-state index < -0.39 is 11.6 Å². The maximum absolute atomic E-state index is 13.0. The monoisotopic (exact) mass is 316 g/mol. The first-order chi connectivity index (χ1) is 7.97. The van der Waals surface area contributed by atoms with Crippen LogP contribution >= 0.6 is 27.3 Å². The first-order valence-electron chi connectivity index (χ1n) is 4.74. The standard InChI is InChI=1S/C12H7BrF2OS/c1-6-10(13)5-11(17-6)12(16)7-2-8(14)4-9(15)3-7/h2-5H,1H3. The Kier molecular flexibility index (Phi) is 3.40. The molecule has 0 unspecified atom stereocenters. The van der Waals surface area contributed by atoms with Gasteiger partial charge in [0, 0.05) is 21.0 Å². The van der Waals surface area contributed by atoms with Gasteiger partial charge in [0.25, 0.3) is 0 Å². The van der Waals surface area contributed by atoms with E-state index in [1.54, 1.807) is 6.07 Å². The molecule has 0 spiro atoms. The highest BCUT2D eigenvalue weighted by atomic mass is 79.9. The Bertz CT molecular complexity index is 552. The second-order valence-corrected chi connectivity index (χ2v) is 5.61. The van der Waals surface area contributed by atoms with Crippen LogP contribution in [0.25, 0.3) is 0 Å². The second-order valence-electron chi connectivity index (χ2n) is 3.50. The van der Waals surface area contributed by atoms with Gasteiger partial charge in [-0.25, -0.2) is 8.78 Å². The Morgan fingerprint density at radius 2 is 1.76 bits per heavy atom. The number of carbonyl (C=O) groups is 1. The van der Waals surface area contributed by atoms with Gasteiger partial charge in [-0.05, 0) is 41.1 Å². The summed E-state index contributed by atoms with van der Waals surface area (Å²) in [6.07, 6.45) is 0. The van der Waals surface area contributed by atoms with Crippen molar-refractivity contribution in [2.24, 2.45) is 0 Å². The molecule has 0 aliphatic heterocycles. The van der Waals surface area contributed by atoms with Crippen LogP contribution in [0.2, 0.25) is 0 Å². The van der Waals surface area contributed by atoms with Crippen molar-refractivity contribution in [3.05, 3.63) is 55.7 Å². The van der Waals surface area contributed by atoms with E-state index in [2.05, 4.69) is 15.9 Å². The number of benzene rings is 1. The van der Waals surface area contributed by atoms with Gasteiger partial charge in [-0.2, -0.15) is 0 Å². The third kappa shape index (κ3) is 2.61. The molecule has 0 fully saturated rings. The molecule has 17 heavy (non-hydrogen) atoms. The molecule has 0 atom stereocenters. The van der Waals surface area contributed by atoms with E-state index >= 15 is 0 Å². The third-order valence-corrected chi connectivity index (χ3v) is 4.34. The lowest BCUT2D eigenvalue weighted by molar-refractivity contribution is 0.104. The van der Waals surface area contributed by atoms with Crippen LogP contribution in [-0.2, 0) is 0 Å². The molecule has 1 aromatic carbocycles. The van der Waals surface area contributed by atoms with Gasteiger partial charge in [-0.1, -0.05) is 0 Å². The van der Waals surface area contributed by atoms with Crippen LogP contribution in [0, 0.1) is 18.6 Å². The lowest BCUT2D eigenvalue weighted by atomic mass is 10.1. The molecule has 88 valence electrons. The number of hydrogen-bond donors (Lipinski definition) is 0. The van der Waals surface area contributed by atoms with Crippen molar-refractivity contribution < 1.29 is 13.6 Å². The molecule has 1 aromatic heterocycles. The van der Waals surface area contributed by atoms with Gasteiger partial charge in [-0.3, -0.25) is 4.79 Å². The van der Waals surface area contributed by atoms with Gasteiger partial charge in [0.15, 0.2) is 0 Å². The fourth-order valence-electron chi connectivity index (χ4n) is 1.40. The molecule has 2 aromatic rings. The van der Waals surface area contributed by atoms with Crippen LogP contribution in [-0.4, -0.2) is 5.78 Å². The predicted octanol–water partition coefficient (Wildman–Crippen LogP) is 4.33. The molecule has 0 aliphatic rings. The summed E-state index contributed by atoms with van der Waals surface area (Å²) in [5, 5.41) is 0. The summed E-state index contributed by atoms with van der Waals surface area (Å²) in [4.78, 5) is 13.4. The largest absolute Gasteiger partial charge is 0.288 e. The van der Waals surface area contributed by atoms with Crippen molar-refractivity contribution >= 4 is 33.0 Å². The summed E-state index contributed by atoms with van der Waals surface area (Å²) in [7, 11) is 0. The molecule has 0 radical (unpaired) electrons. The molecule has 5 heteroatoms. The van der Waals surface area contributed by atoms with E-state index in [0.29, 0.717) is 4.88 Å². The Morgan fingerprint density at radius 1 is 1.18 bits per heavy atom. The molecule has 0 amide bonds. The van der Waals surface area contributed by atoms with Crippen LogP contribution in [0.15, 0.2) is 28.7 Å². The number of hydrogen-bond acceptors (Lipinski definition) is 2. The number of rotatable bonds is 2. The van der Waals surface area contributed by atoms with Crippen molar-refractivity contribution in [1.29, 1.82) is 0 Å². The minimum atomic E-state index is -0.749. The van der Waals surface area contributed by atoms with E-state index in [1.807, 2.05) is 6.92 Å². The molecule has 0 aliphatic carbocycles. The van der Waals surface area contributed by atoms with Gasteiger partial charge < -0.3 is 0 Å². The first-order valence-corrected chi connectivity index (χ1v) is 6.35. The maximum Gasteiger partial charge on any atom is 0.203 e. The van der Waals surface area contributed by atoms with Gasteiger partial charge in [0.1, 0.15) is 11.6 Å². The highest BCUT2D eigenvalue weighted by Gasteiger charge is 2.15. The number of thiophene rings is 1. The van der Waals surface area contributed by atoms with Gasteiger partial charge >= 0.3 is 0 Å². The minimum absolute atomic E-state index is 0.0243.